The largest absolute Gasteiger partial charge is 0.469 e. The minimum Gasteiger partial charge on any atom is -0.469 e. The lowest BCUT2D eigenvalue weighted by Crippen LogP contribution is -1.99. The van der Waals surface area contributed by atoms with Crippen LogP contribution >= 0.6 is 0 Å². The van der Waals surface area contributed by atoms with Gasteiger partial charge in [0.25, 0.3) is 0 Å². The van der Waals surface area contributed by atoms with E-state index in [4.69, 9.17) is 0 Å². The smallest absolute Gasteiger partial charge is 0.305 e. The van der Waals surface area contributed by atoms with Crippen molar-refractivity contribution in [2.75, 3.05) is 7.11 Å². The lowest BCUT2D eigenvalue weighted by Gasteiger charge is -1.99. The van der Waals surface area contributed by atoms with Crippen molar-refractivity contribution in [2.24, 2.45) is 0 Å². The number of carbonyl (C=O) groups excluding carboxylic acids is 1. The quantitative estimate of drug-likeness (QED) is 0.558. The van der Waals surface area contributed by atoms with E-state index in [1.807, 2.05) is 42.5 Å². The Labute approximate surface area is 96.2 Å². The molecule has 0 aliphatic carbocycles. The number of hydrogen-bond donors (Lipinski definition) is 0. The van der Waals surface area contributed by atoms with Gasteiger partial charge in [0, 0.05) is 6.42 Å². The van der Waals surface area contributed by atoms with E-state index in [1.165, 1.54) is 7.11 Å². The summed E-state index contributed by atoms with van der Waals surface area (Å²) in [5.74, 6) is -0.200. The van der Waals surface area contributed by atoms with Crippen LogP contribution < -0.4 is 0 Å². The van der Waals surface area contributed by atoms with Crippen LogP contribution in [-0.4, -0.2) is 13.1 Å². The van der Waals surface area contributed by atoms with Crippen LogP contribution in [0.5, 0.6) is 0 Å². The average molecular weight is 216 g/mol. The third-order valence-corrected chi connectivity index (χ3v) is 2.19. The van der Waals surface area contributed by atoms with Crippen LogP contribution in [0, 0.1) is 0 Å². The van der Waals surface area contributed by atoms with E-state index in [0.29, 0.717) is 12.8 Å². The Morgan fingerprint density at radius 1 is 1.31 bits per heavy atom. The van der Waals surface area contributed by atoms with Crippen molar-refractivity contribution in [1.29, 1.82) is 0 Å². The molecule has 0 bridgehead atoms. The maximum atomic E-state index is 10.9. The zero-order valence-electron chi connectivity index (χ0n) is 9.48. The molecule has 0 atom stereocenters. The number of ether oxygens (including phenoxy) is 1. The van der Waals surface area contributed by atoms with Crippen molar-refractivity contribution in [3.05, 3.63) is 54.1 Å². The van der Waals surface area contributed by atoms with E-state index in [9.17, 15) is 4.79 Å². The number of carbonyl (C=O) groups is 1. The Morgan fingerprint density at radius 3 is 2.62 bits per heavy atom. The zero-order chi connectivity index (χ0) is 11.8. The molecule has 0 saturated carbocycles. The molecular weight excluding hydrogens is 200 g/mol. The zero-order valence-corrected chi connectivity index (χ0v) is 9.48. The molecule has 0 spiro atoms. The Balaban J connectivity index is 2.40. The Morgan fingerprint density at radius 2 is 2.00 bits per heavy atom. The predicted octanol–water partition coefficient (Wildman–Crippen LogP) is 3.21. The highest BCUT2D eigenvalue weighted by Gasteiger charge is 1.99. The van der Waals surface area contributed by atoms with E-state index in [-0.39, 0.29) is 5.97 Å². The number of methoxy groups -OCH3 is 1. The van der Waals surface area contributed by atoms with E-state index >= 15 is 0 Å². The molecule has 0 heterocycles. The fourth-order valence-corrected chi connectivity index (χ4v) is 1.23. The molecule has 0 aromatic heterocycles. The number of hydrogen-bond acceptors (Lipinski definition) is 2. The lowest BCUT2D eigenvalue weighted by molar-refractivity contribution is -0.140. The van der Waals surface area contributed by atoms with Crippen molar-refractivity contribution in [1.82, 2.24) is 0 Å². The van der Waals surface area contributed by atoms with E-state index in [2.05, 4.69) is 11.3 Å². The highest BCUT2D eigenvalue weighted by molar-refractivity contribution is 5.69. The molecule has 16 heavy (non-hydrogen) atoms. The fraction of sp³-hybridized carbons (Fsp3) is 0.214. The second kappa shape index (κ2) is 6.62. The van der Waals surface area contributed by atoms with Crippen molar-refractivity contribution < 1.29 is 9.53 Å². The molecule has 0 aliphatic rings. The summed E-state index contributed by atoms with van der Waals surface area (Å²) in [7, 11) is 1.39. The predicted molar refractivity (Wildman–Crippen MR) is 65.9 cm³/mol. The molecule has 0 N–H and O–H groups in total. The summed E-state index contributed by atoms with van der Waals surface area (Å²) in [4.78, 5) is 10.9. The first-order chi connectivity index (χ1) is 7.72. The van der Waals surface area contributed by atoms with Gasteiger partial charge in [-0.2, -0.15) is 0 Å². The van der Waals surface area contributed by atoms with E-state index < -0.39 is 0 Å². The molecule has 0 radical (unpaired) electrons. The molecule has 2 heteroatoms. The maximum Gasteiger partial charge on any atom is 0.305 e. The normalized spacial score (nSPS) is 10.3. The third-order valence-electron chi connectivity index (χ3n) is 2.19. The molecule has 0 aliphatic heterocycles. The summed E-state index contributed by atoms with van der Waals surface area (Å²) >= 11 is 0. The molecule has 0 saturated heterocycles. The first-order valence-electron chi connectivity index (χ1n) is 5.20. The van der Waals surface area contributed by atoms with E-state index in [1.54, 1.807) is 0 Å². The number of allylic oxidation sites excluding steroid dienone is 2. The first kappa shape index (κ1) is 12.2. The standard InChI is InChI=1S/C14H16O2/c1-12(9-11-14(15)16-2)8-10-13-6-4-3-5-7-13/h3-8,10H,1,9,11H2,2H3/b10-8-. The van der Waals surface area contributed by atoms with Gasteiger partial charge < -0.3 is 4.74 Å². The lowest BCUT2D eigenvalue weighted by atomic mass is 10.1. The van der Waals surface area contributed by atoms with Crippen molar-refractivity contribution >= 4 is 12.0 Å². The molecule has 1 aromatic carbocycles. The Kier molecular flexibility index (Phi) is 5.06. The summed E-state index contributed by atoms with van der Waals surface area (Å²) < 4.78 is 4.56. The minimum atomic E-state index is -0.200. The summed E-state index contributed by atoms with van der Waals surface area (Å²) in [6.45, 7) is 3.88. The molecule has 1 rings (SSSR count). The first-order valence-corrected chi connectivity index (χ1v) is 5.20. The number of esters is 1. The molecule has 0 unspecified atom stereocenters. The van der Waals surface area contributed by atoms with Crippen LogP contribution in [0.4, 0.5) is 0 Å². The molecule has 0 fully saturated rings. The second-order valence-corrected chi connectivity index (χ2v) is 3.48. The van der Waals surface area contributed by atoms with Crippen molar-refractivity contribution in [2.45, 2.75) is 12.8 Å². The summed E-state index contributed by atoms with van der Waals surface area (Å²) in [5, 5.41) is 0. The molecule has 84 valence electrons. The number of rotatable bonds is 5. The van der Waals surface area contributed by atoms with Gasteiger partial charge in [-0.05, 0) is 12.0 Å². The van der Waals surface area contributed by atoms with Gasteiger partial charge in [0.15, 0.2) is 0 Å². The molecule has 1 aromatic rings. The van der Waals surface area contributed by atoms with E-state index in [0.717, 1.165) is 11.1 Å². The monoisotopic (exact) mass is 216 g/mol. The van der Waals surface area contributed by atoms with Gasteiger partial charge in [-0.25, -0.2) is 0 Å². The molecular formula is C14H16O2. The Bertz CT molecular complexity index is 377. The van der Waals surface area contributed by atoms with Crippen LogP contribution in [0.2, 0.25) is 0 Å². The van der Waals surface area contributed by atoms with Crippen molar-refractivity contribution in [3.63, 3.8) is 0 Å². The number of benzene rings is 1. The van der Waals surface area contributed by atoms with Crippen LogP contribution in [0.1, 0.15) is 18.4 Å². The minimum absolute atomic E-state index is 0.200. The van der Waals surface area contributed by atoms with Gasteiger partial charge in [-0.15, -0.1) is 0 Å². The van der Waals surface area contributed by atoms with Gasteiger partial charge >= 0.3 is 5.97 Å². The maximum absolute atomic E-state index is 10.9. The van der Waals surface area contributed by atoms with Crippen LogP contribution in [-0.2, 0) is 9.53 Å². The summed E-state index contributed by atoms with van der Waals surface area (Å²) in [5.41, 5.74) is 2.05. The van der Waals surface area contributed by atoms with Gasteiger partial charge in [0.05, 0.1) is 7.11 Å². The van der Waals surface area contributed by atoms with Gasteiger partial charge in [-0.1, -0.05) is 54.6 Å². The fourth-order valence-electron chi connectivity index (χ4n) is 1.23. The van der Waals surface area contributed by atoms with Gasteiger partial charge in [0.2, 0.25) is 0 Å². The summed E-state index contributed by atoms with van der Waals surface area (Å²) in [6.07, 6.45) is 4.93. The van der Waals surface area contributed by atoms with Crippen LogP contribution in [0.15, 0.2) is 48.6 Å². The Hall–Kier alpha value is -1.83. The summed E-state index contributed by atoms with van der Waals surface area (Å²) in [6, 6.07) is 9.98. The van der Waals surface area contributed by atoms with Crippen LogP contribution in [0.25, 0.3) is 6.08 Å². The average Bonchev–Trinajstić information content (AvgIpc) is 2.34. The molecule has 2 nitrogen and oxygen atoms in total. The third kappa shape index (κ3) is 4.60. The molecule has 0 amide bonds. The SMILES string of the molecule is C=C(/C=C\c1ccccc1)CCC(=O)OC. The highest BCUT2D eigenvalue weighted by Crippen LogP contribution is 2.08. The topological polar surface area (TPSA) is 26.3 Å². The van der Waals surface area contributed by atoms with Crippen molar-refractivity contribution in [3.8, 4) is 0 Å². The van der Waals surface area contributed by atoms with Crippen LogP contribution in [0.3, 0.4) is 0 Å². The van der Waals surface area contributed by atoms with Gasteiger partial charge in [0.1, 0.15) is 0 Å². The highest BCUT2D eigenvalue weighted by atomic mass is 16.5. The second-order valence-electron chi connectivity index (χ2n) is 3.48. The van der Waals surface area contributed by atoms with Gasteiger partial charge in [-0.3, -0.25) is 4.79 Å².